The lowest BCUT2D eigenvalue weighted by molar-refractivity contribution is 0.0951. The second-order valence-corrected chi connectivity index (χ2v) is 7.62. The zero-order valence-electron chi connectivity index (χ0n) is 16.1. The average molecular weight is 378 g/mol. The smallest absolute Gasteiger partial charge is 0.323 e. The normalized spacial score (nSPS) is 16.0. The lowest BCUT2D eigenvalue weighted by Crippen LogP contribution is -2.29. The third kappa shape index (κ3) is 4.44. The van der Waals surface area contributed by atoms with Crippen molar-refractivity contribution < 1.29 is 9.59 Å². The number of nitrogens with one attached hydrogen (secondary N) is 3. The molecule has 2 aliphatic rings. The van der Waals surface area contributed by atoms with Crippen LogP contribution in [-0.4, -0.2) is 31.1 Å². The van der Waals surface area contributed by atoms with E-state index < -0.39 is 0 Å². The maximum absolute atomic E-state index is 12.8. The van der Waals surface area contributed by atoms with Crippen molar-refractivity contribution in [2.45, 2.75) is 38.6 Å². The Bertz CT molecular complexity index is 869. The summed E-state index contributed by atoms with van der Waals surface area (Å²) in [6.07, 6.45) is 4.37. The highest BCUT2D eigenvalue weighted by atomic mass is 16.2. The van der Waals surface area contributed by atoms with E-state index >= 15 is 0 Å². The van der Waals surface area contributed by atoms with Crippen molar-refractivity contribution in [3.8, 4) is 0 Å². The van der Waals surface area contributed by atoms with Gasteiger partial charge in [0.2, 0.25) is 0 Å². The van der Waals surface area contributed by atoms with Gasteiger partial charge in [0.1, 0.15) is 0 Å². The topological polar surface area (TPSA) is 73.5 Å². The van der Waals surface area contributed by atoms with Crippen LogP contribution in [-0.2, 0) is 0 Å². The van der Waals surface area contributed by atoms with E-state index in [0.717, 1.165) is 55.7 Å². The van der Waals surface area contributed by atoms with Gasteiger partial charge in [-0.15, -0.1) is 0 Å². The molecule has 146 valence electrons. The van der Waals surface area contributed by atoms with E-state index in [0.29, 0.717) is 17.3 Å². The first-order chi connectivity index (χ1) is 13.6. The SMILES string of the molecule is Cc1ccc(NC(=O)Nc2ccc(N3CCCC3)c(C(=O)NC3CC3)c2)cc1. The number of benzene rings is 2. The van der Waals surface area contributed by atoms with Crippen LogP contribution in [0.15, 0.2) is 42.5 Å². The van der Waals surface area contributed by atoms with Crippen LogP contribution in [0.25, 0.3) is 0 Å². The Morgan fingerprint density at radius 1 is 0.929 bits per heavy atom. The molecule has 3 N–H and O–H groups in total. The molecule has 1 saturated heterocycles. The number of carbonyl (C=O) groups is 2. The Kier molecular flexibility index (Phi) is 5.19. The fraction of sp³-hybridized carbons (Fsp3) is 0.364. The van der Waals surface area contributed by atoms with E-state index in [4.69, 9.17) is 0 Å². The summed E-state index contributed by atoms with van der Waals surface area (Å²) in [5.41, 5.74) is 4.04. The molecule has 2 fully saturated rings. The molecule has 1 aliphatic heterocycles. The van der Waals surface area contributed by atoms with Crippen molar-refractivity contribution >= 4 is 29.0 Å². The standard InChI is InChI=1S/C22H26N4O2/c1-15-4-6-17(7-5-15)24-22(28)25-18-10-11-20(26-12-2-3-13-26)19(14-18)21(27)23-16-8-9-16/h4-7,10-11,14,16H,2-3,8-9,12-13H2,1H3,(H,23,27)(H2,24,25,28). The summed E-state index contributed by atoms with van der Waals surface area (Å²) in [6, 6.07) is 13.2. The van der Waals surface area contributed by atoms with Crippen molar-refractivity contribution in [3.63, 3.8) is 0 Å². The number of amides is 3. The number of aryl methyl sites for hydroxylation is 1. The predicted octanol–water partition coefficient (Wildman–Crippen LogP) is 4.13. The van der Waals surface area contributed by atoms with E-state index in [1.165, 1.54) is 0 Å². The van der Waals surface area contributed by atoms with Crippen LogP contribution >= 0.6 is 0 Å². The molecule has 0 aromatic heterocycles. The van der Waals surface area contributed by atoms with Gasteiger partial charge in [-0.25, -0.2) is 4.79 Å². The average Bonchev–Trinajstić information content (AvgIpc) is 3.32. The molecular formula is C22H26N4O2. The Labute approximate surface area is 165 Å². The van der Waals surface area contributed by atoms with Gasteiger partial charge in [0.15, 0.2) is 0 Å². The Morgan fingerprint density at radius 3 is 2.25 bits per heavy atom. The van der Waals surface area contributed by atoms with Crippen molar-refractivity contribution in [1.29, 1.82) is 0 Å². The third-order valence-corrected chi connectivity index (χ3v) is 5.17. The quantitative estimate of drug-likeness (QED) is 0.732. The summed E-state index contributed by atoms with van der Waals surface area (Å²) < 4.78 is 0. The number of hydrogen-bond acceptors (Lipinski definition) is 3. The summed E-state index contributed by atoms with van der Waals surface area (Å²) >= 11 is 0. The van der Waals surface area contributed by atoms with Gasteiger partial charge in [0.05, 0.1) is 5.56 Å². The van der Waals surface area contributed by atoms with Gasteiger partial charge in [-0.3, -0.25) is 4.79 Å². The number of carbonyl (C=O) groups excluding carboxylic acids is 2. The molecule has 1 heterocycles. The summed E-state index contributed by atoms with van der Waals surface area (Å²) in [5.74, 6) is -0.0630. The van der Waals surface area contributed by atoms with Gasteiger partial charge in [-0.05, 0) is 62.9 Å². The van der Waals surface area contributed by atoms with Gasteiger partial charge in [-0.2, -0.15) is 0 Å². The molecule has 28 heavy (non-hydrogen) atoms. The summed E-state index contributed by atoms with van der Waals surface area (Å²) in [6.45, 7) is 3.93. The second-order valence-electron chi connectivity index (χ2n) is 7.62. The first-order valence-electron chi connectivity index (χ1n) is 9.93. The van der Waals surface area contributed by atoms with Gasteiger partial charge in [-0.1, -0.05) is 17.7 Å². The fourth-order valence-corrected chi connectivity index (χ4v) is 3.45. The first kappa shape index (κ1) is 18.3. The molecule has 0 radical (unpaired) electrons. The van der Waals surface area contributed by atoms with Crippen LogP contribution in [0.3, 0.4) is 0 Å². The van der Waals surface area contributed by atoms with Crippen molar-refractivity contribution in [2.75, 3.05) is 28.6 Å². The first-order valence-corrected chi connectivity index (χ1v) is 9.93. The highest BCUT2D eigenvalue weighted by Gasteiger charge is 2.26. The molecule has 0 bridgehead atoms. The highest BCUT2D eigenvalue weighted by Crippen LogP contribution is 2.29. The van der Waals surface area contributed by atoms with E-state index in [2.05, 4.69) is 20.9 Å². The van der Waals surface area contributed by atoms with Gasteiger partial charge >= 0.3 is 6.03 Å². The number of urea groups is 1. The molecule has 2 aromatic carbocycles. The van der Waals surface area contributed by atoms with Crippen LogP contribution in [0.4, 0.5) is 21.9 Å². The molecule has 0 spiro atoms. The molecule has 6 heteroatoms. The zero-order valence-corrected chi connectivity index (χ0v) is 16.1. The Hall–Kier alpha value is -3.02. The summed E-state index contributed by atoms with van der Waals surface area (Å²) in [5, 5.41) is 8.72. The highest BCUT2D eigenvalue weighted by molar-refractivity contribution is 6.04. The molecule has 4 rings (SSSR count). The van der Waals surface area contributed by atoms with Gasteiger partial charge in [0, 0.05) is 36.2 Å². The lowest BCUT2D eigenvalue weighted by Gasteiger charge is -2.22. The van der Waals surface area contributed by atoms with E-state index in [9.17, 15) is 9.59 Å². The molecule has 6 nitrogen and oxygen atoms in total. The minimum Gasteiger partial charge on any atom is -0.371 e. The summed E-state index contributed by atoms with van der Waals surface area (Å²) in [7, 11) is 0. The fourth-order valence-electron chi connectivity index (χ4n) is 3.45. The number of anilines is 3. The minimum absolute atomic E-state index is 0.0630. The predicted molar refractivity (Wildman–Crippen MR) is 112 cm³/mol. The second kappa shape index (κ2) is 7.92. The molecule has 1 aliphatic carbocycles. The van der Waals surface area contributed by atoms with Crippen LogP contribution < -0.4 is 20.9 Å². The molecule has 0 atom stereocenters. The maximum Gasteiger partial charge on any atom is 0.323 e. The molecular weight excluding hydrogens is 352 g/mol. The molecule has 0 unspecified atom stereocenters. The van der Waals surface area contributed by atoms with Crippen molar-refractivity contribution in [2.24, 2.45) is 0 Å². The summed E-state index contributed by atoms with van der Waals surface area (Å²) in [4.78, 5) is 27.4. The van der Waals surface area contributed by atoms with Crippen molar-refractivity contribution in [1.82, 2.24) is 5.32 Å². The van der Waals surface area contributed by atoms with Gasteiger partial charge < -0.3 is 20.9 Å². The van der Waals surface area contributed by atoms with Gasteiger partial charge in [0.25, 0.3) is 5.91 Å². The van der Waals surface area contributed by atoms with E-state index in [1.54, 1.807) is 6.07 Å². The number of nitrogens with zero attached hydrogens (tertiary/aromatic N) is 1. The molecule has 2 aromatic rings. The maximum atomic E-state index is 12.8. The molecule has 1 saturated carbocycles. The van der Waals surface area contributed by atoms with Crippen LogP contribution in [0.2, 0.25) is 0 Å². The third-order valence-electron chi connectivity index (χ3n) is 5.17. The van der Waals surface area contributed by atoms with Crippen LogP contribution in [0, 0.1) is 6.92 Å². The Morgan fingerprint density at radius 2 is 1.57 bits per heavy atom. The number of rotatable bonds is 5. The van der Waals surface area contributed by atoms with Crippen LogP contribution in [0.1, 0.15) is 41.6 Å². The number of hydrogen-bond donors (Lipinski definition) is 3. The minimum atomic E-state index is -0.327. The van der Waals surface area contributed by atoms with Crippen molar-refractivity contribution in [3.05, 3.63) is 53.6 Å². The Balaban J connectivity index is 1.50. The lowest BCUT2D eigenvalue weighted by atomic mass is 10.1. The van der Waals surface area contributed by atoms with Crippen LogP contribution in [0.5, 0.6) is 0 Å². The van der Waals surface area contributed by atoms with E-state index in [1.807, 2.05) is 43.3 Å². The zero-order chi connectivity index (χ0) is 19.5. The van der Waals surface area contributed by atoms with E-state index in [-0.39, 0.29) is 11.9 Å². The largest absolute Gasteiger partial charge is 0.371 e. The monoisotopic (exact) mass is 378 g/mol. The molecule has 3 amide bonds.